The van der Waals surface area contributed by atoms with Crippen LogP contribution in [0.1, 0.15) is 24.6 Å². The summed E-state index contributed by atoms with van der Waals surface area (Å²) in [4.78, 5) is 4.74. The van der Waals surface area contributed by atoms with Gasteiger partial charge in [-0.05, 0) is 37.6 Å². The summed E-state index contributed by atoms with van der Waals surface area (Å²) >= 11 is 0. The SMILES string of the molecule is CCCNCc1cc(-n2cc(C)cn2)c2ccccc2n1. The molecule has 4 heteroatoms. The first kappa shape index (κ1) is 13.8. The molecule has 0 aliphatic carbocycles. The first-order valence-electron chi connectivity index (χ1n) is 7.39. The van der Waals surface area contributed by atoms with Gasteiger partial charge in [0.15, 0.2) is 0 Å². The molecule has 0 radical (unpaired) electrons. The highest BCUT2D eigenvalue weighted by Crippen LogP contribution is 2.22. The number of aryl methyl sites for hydroxylation is 1. The Kier molecular flexibility index (Phi) is 3.97. The maximum Gasteiger partial charge on any atom is 0.0758 e. The van der Waals surface area contributed by atoms with Crippen LogP contribution in [0.15, 0.2) is 42.7 Å². The lowest BCUT2D eigenvalue weighted by Crippen LogP contribution is -2.15. The number of hydrogen-bond acceptors (Lipinski definition) is 3. The Labute approximate surface area is 124 Å². The lowest BCUT2D eigenvalue weighted by Gasteiger charge is -2.10. The quantitative estimate of drug-likeness (QED) is 0.730. The van der Waals surface area contributed by atoms with E-state index in [1.54, 1.807) is 0 Å². The van der Waals surface area contributed by atoms with Crippen molar-refractivity contribution in [3.05, 3.63) is 54.0 Å². The number of nitrogens with zero attached hydrogens (tertiary/aromatic N) is 3. The molecular formula is C17H20N4. The van der Waals surface area contributed by atoms with Gasteiger partial charge in [-0.25, -0.2) is 4.68 Å². The molecule has 21 heavy (non-hydrogen) atoms. The molecule has 4 nitrogen and oxygen atoms in total. The third-order valence-corrected chi connectivity index (χ3v) is 3.44. The lowest BCUT2D eigenvalue weighted by atomic mass is 10.1. The summed E-state index contributed by atoms with van der Waals surface area (Å²) < 4.78 is 1.93. The van der Waals surface area contributed by atoms with Crippen LogP contribution in [-0.2, 0) is 6.54 Å². The first-order chi connectivity index (χ1) is 10.3. The molecule has 0 atom stereocenters. The van der Waals surface area contributed by atoms with E-state index in [1.807, 2.05) is 29.2 Å². The Morgan fingerprint density at radius 2 is 2.10 bits per heavy atom. The van der Waals surface area contributed by atoms with Gasteiger partial charge in [0.1, 0.15) is 0 Å². The van der Waals surface area contributed by atoms with Crippen molar-refractivity contribution in [2.24, 2.45) is 0 Å². The topological polar surface area (TPSA) is 42.7 Å². The molecule has 0 unspecified atom stereocenters. The van der Waals surface area contributed by atoms with E-state index in [1.165, 1.54) is 0 Å². The van der Waals surface area contributed by atoms with Crippen LogP contribution < -0.4 is 5.32 Å². The maximum absolute atomic E-state index is 4.74. The standard InChI is InChI=1S/C17H20N4/c1-3-8-18-11-14-9-17(21-12-13(2)10-19-21)15-6-4-5-7-16(15)20-14/h4-7,9-10,12,18H,3,8,11H2,1-2H3. The predicted octanol–water partition coefficient (Wildman–Crippen LogP) is 3.23. The minimum atomic E-state index is 0.784. The van der Waals surface area contributed by atoms with Gasteiger partial charge in [0.2, 0.25) is 0 Å². The first-order valence-corrected chi connectivity index (χ1v) is 7.39. The molecule has 3 aromatic rings. The van der Waals surface area contributed by atoms with Crippen LogP contribution in [0.4, 0.5) is 0 Å². The predicted molar refractivity (Wildman–Crippen MR) is 85.6 cm³/mol. The minimum absolute atomic E-state index is 0.784. The van der Waals surface area contributed by atoms with Gasteiger partial charge >= 0.3 is 0 Å². The van der Waals surface area contributed by atoms with Crippen LogP contribution in [0.25, 0.3) is 16.6 Å². The number of aromatic nitrogens is 3. The second-order valence-electron chi connectivity index (χ2n) is 5.29. The summed E-state index contributed by atoms with van der Waals surface area (Å²) in [5.74, 6) is 0. The largest absolute Gasteiger partial charge is 0.311 e. The maximum atomic E-state index is 4.74. The third-order valence-electron chi connectivity index (χ3n) is 3.44. The van der Waals surface area contributed by atoms with Gasteiger partial charge in [0.05, 0.1) is 23.1 Å². The van der Waals surface area contributed by atoms with Gasteiger partial charge in [0.25, 0.3) is 0 Å². The number of rotatable bonds is 5. The van der Waals surface area contributed by atoms with E-state index in [0.29, 0.717) is 0 Å². The van der Waals surface area contributed by atoms with E-state index < -0.39 is 0 Å². The summed E-state index contributed by atoms with van der Waals surface area (Å²) in [6.07, 6.45) is 5.05. The van der Waals surface area contributed by atoms with E-state index >= 15 is 0 Å². The molecule has 0 amide bonds. The Hall–Kier alpha value is -2.20. The smallest absolute Gasteiger partial charge is 0.0758 e. The lowest BCUT2D eigenvalue weighted by molar-refractivity contribution is 0.665. The van der Waals surface area contributed by atoms with Gasteiger partial charge in [-0.15, -0.1) is 0 Å². The number of fused-ring (bicyclic) bond motifs is 1. The van der Waals surface area contributed by atoms with Crippen LogP contribution >= 0.6 is 0 Å². The van der Waals surface area contributed by atoms with Crippen molar-refractivity contribution >= 4 is 10.9 Å². The molecular weight excluding hydrogens is 260 g/mol. The second-order valence-corrected chi connectivity index (χ2v) is 5.29. The average Bonchev–Trinajstić information content (AvgIpc) is 2.93. The normalized spacial score (nSPS) is 11.1. The third kappa shape index (κ3) is 2.95. The van der Waals surface area contributed by atoms with E-state index in [2.05, 4.69) is 42.5 Å². The second kappa shape index (κ2) is 6.06. The highest BCUT2D eigenvalue weighted by Gasteiger charge is 2.08. The fourth-order valence-electron chi connectivity index (χ4n) is 2.43. The number of para-hydroxylation sites is 1. The van der Waals surface area contributed by atoms with Crippen molar-refractivity contribution in [2.75, 3.05) is 6.54 Å². The van der Waals surface area contributed by atoms with Crippen molar-refractivity contribution < 1.29 is 0 Å². The Bertz CT molecular complexity index is 745. The number of hydrogen-bond donors (Lipinski definition) is 1. The average molecular weight is 280 g/mol. The molecule has 0 saturated heterocycles. The molecule has 0 aliphatic rings. The van der Waals surface area contributed by atoms with Gasteiger partial charge in [-0.1, -0.05) is 25.1 Å². The fraction of sp³-hybridized carbons (Fsp3) is 0.294. The van der Waals surface area contributed by atoms with E-state index in [-0.39, 0.29) is 0 Å². The summed E-state index contributed by atoms with van der Waals surface area (Å²) in [7, 11) is 0. The molecule has 108 valence electrons. The molecule has 1 aromatic carbocycles. The zero-order valence-corrected chi connectivity index (χ0v) is 12.5. The monoisotopic (exact) mass is 280 g/mol. The van der Waals surface area contributed by atoms with Crippen molar-refractivity contribution in [2.45, 2.75) is 26.8 Å². The molecule has 2 aromatic heterocycles. The van der Waals surface area contributed by atoms with Crippen molar-refractivity contribution in [3.8, 4) is 5.69 Å². The van der Waals surface area contributed by atoms with Crippen molar-refractivity contribution in [1.29, 1.82) is 0 Å². The fourth-order valence-corrected chi connectivity index (χ4v) is 2.43. The van der Waals surface area contributed by atoms with Crippen molar-refractivity contribution in [1.82, 2.24) is 20.1 Å². The highest BCUT2D eigenvalue weighted by atomic mass is 15.3. The number of benzene rings is 1. The molecule has 3 rings (SSSR count). The van der Waals surface area contributed by atoms with Gasteiger partial charge in [0, 0.05) is 18.1 Å². The van der Waals surface area contributed by atoms with E-state index in [0.717, 1.165) is 47.4 Å². The minimum Gasteiger partial charge on any atom is -0.311 e. The Morgan fingerprint density at radius 1 is 1.24 bits per heavy atom. The summed E-state index contributed by atoms with van der Waals surface area (Å²) in [6, 6.07) is 10.3. The zero-order valence-electron chi connectivity index (χ0n) is 12.5. The molecule has 0 saturated carbocycles. The van der Waals surface area contributed by atoms with E-state index in [9.17, 15) is 0 Å². The molecule has 0 fully saturated rings. The van der Waals surface area contributed by atoms with E-state index in [4.69, 9.17) is 4.98 Å². The summed E-state index contributed by atoms with van der Waals surface area (Å²) in [5, 5.41) is 8.97. The number of nitrogens with one attached hydrogen (secondary N) is 1. The molecule has 0 bridgehead atoms. The summed E-state index contributed by atoms with van der Waals surface area (Å²) in [5.41, 5.74) is 4.30. The van der Waals surface area contributed by atoms with Crippen LogP contribution in [0.2, 0.25) is 0 Å². The van der Waals surface area contributed by atoms with Crippen LogP contribution in [0.3, 0.4) is 0 Å². The van der Waals surface area contributed by atoms with Crippen molar-refractivity contribution in [3.63, 3.8) is 0 Å². The van der Waals surface area contributed by atoms with Crippen LogP contribution in [-0.4, -0.2) is 21.3 Å². The Balaban J connectivity index is 2.07. The number of pyridine rings is 1. The van der Waals surface area contributed by atoms with Crippen LogP contribution in [0, 0.1) is 6.92 Å². The van der Waals surface area contributed by atoms with Crippen LogP contribution in [0.5, 0.6) is 0 Å². The molecule has 1 N–H and O–H groups in total. The van der Waals surface area contributed by atoms with Gasteiger partial charge in [-0.3, -0.25) is 4.98 Å². The summed E-state index contributed by atoms with van der Waals surface area (Å²) in [6.45, 7) is 6.01. The zero-order chi connectivity index (χ0) is 14.7. The van der Waals surface area contributed by atoms with Gasteiger partial charge < -0.3 is 5.32 Å². The van der Waals surface area contributed by atoms with Gasteiger partial charge in [-0.2, -0.15) is 5.10 Å². The molecule has 2 heterocycles. The highest BCUT2D eigenvalue weighted by molar-refractivity contribution is 5.87. The molecule has 0 aliphatic heterocycles. The Morgan fingerprint density at radius 3 is 2.86 bits per heavy atom. The molecule has 0 spiro atoms.